The van der Waals surface area contributed by atoms with Gasteiger partial charge in [0.15, 0.2) is 0 Å². The van der Waals surface area contributed by atoms with E-state index in [2.05, 4.69) is 42.3 Å². The Hall–Kier alpha value is -1.52. The second kappa shape index (κ2) is 6.41. The first-order valence-electron chi connectivity index (χ1n) is 8.65. The van der Waals surface area contributed by atoms with Crippen LogP contribution in [0.25, 0.3) is 10.9 Å². The van der Waals surface area contributed by atoms with Crippen LogP contribution in [0.15, 0.2) is 18.2 Å². The Balaban J connectivity index is 0.00000169. The van der Waals surface area contributed by atoms with E-state index in [9.17, 15) is 4.79 Å². The minimum absolute atomic E-state index is 0. The van der Waals surface area contributed by atoms with Crippen LogP contribution >= 0.6 is 12.4 Å². The molecule has 24 heavy (non-hydrogen) atoms. The van der Waals surface area contributed by atoms with Crippen LogP contribution in [0.4, 0.5) is 0 Å². The summed E-state index contributed by atoms with van der Waals surface area (Å²) in [6.45, 7) is 4.80. The molecule has 0 spiro atoms. The van der Waals surface area contributed by atoms with Gasteiger partial charge in [-0.1, -0.05) is 6.07 Å². The summed E-state index contributed by atoms with van der Waals surface area (Å²) in [5.74, 6) is 1.24. The van der Waals surface area contributed by atoms with E-state index in [1.807, 2.05) is 0 Å². The second-order valence-corrected chi connectivity index (χ2v) is 7.41. The average Bonchev–Trinajstić information content (AvgIpc) is 3.20. The Labute approximate surface area is 149 Å². The van der Waals surface area contributed by atoms with E-state index >= 15 is 0 Å². The summed E-state index contributed by atoms with van der Waals surface area (Å²) in [7, 11) is 0. The molecule has 4 N–H and O–H groups in total. The highest BCUT2D eigenvalue weighted by molar-refractivity contribution is 5.86. The van der Waals surface area contributed by atoms with Crippen molar-refractivity contribution in [3.05, 3.63) is 35.0 Å². The molecule has 0 saturated heterocycles. The molecule has 4 unspecified atom stereocenters. The minimum atomic E-state index is 0. The number of hydrogen-bond donors (Lipinski definition) is 3. The lowest BCUT2D eigenvalue weighted by Gasteiger charge is -2.27. The van der Waals surface area contributed by atoms with E-state index in [4.69, 9.17) is 5.73 Å². The van der Waals surface area contributed by atoms with Gasteiger partial charge in [-0.3, -0.25) is 4.79 Å². The van der Waals surface area contributed by atoms with Crippen LogP contribution in [0, 0.1) is 31.6 Å². The molecule has 1 aromatic heterocycles. The Kier molecular flexibility index (Phi) is 4.63. The van der Waals surface area contributed by atoms with Crippen LogP contribution in [0.5, 0.6) is 0 Å². The number of H-pyrrole nitrogens is 1. The number of carbonyl (C=O) groups is 1. The van der Waals surface area contributed by atoms with Gasteiger partial charge in [-0.05, 0) is 68.2 Å². The molecular formula is C19H26ClN3O. The van der Waals surface area contributed by atoms with Crippen molar-refractivity contribution in [2.24, 2.45) is 23.5 Å². The SMILES string of the molecule is Cc1[nH]c2ccc(CNC(=O)C3C4CCC(C4)C3N)cc2c1C.Cl. The topological polar surface area (TPSA) is 70.9 Å². The number of aromatic nitrogens is 1. The fraction of sp³-hybridized carbons (Fsp3) is 0.526. The fourth-order valence-corrected chi connectivity index (χ4v) is 4.65. The van der Waals surface area contributed by atoms with Gasteiger partial charge in [0, 0.05) is 29.2 Å². The van der Waals surface area contributed by atoms with E-state index in [1.165, 1.54) is 29.5 Å². The third-order valence-electron chi connectivity index (χ3n) is 6.12. The van der Waals surface area contributed by atoms with Gasteiger partial charge >= 0.3 is 0 Å². The highest BCUT2D eigenvalue weighted by Crippen LogP contribution is 2.47. The van der Waals surface area contributed by atoms with Gasteiger partial charge < -0.3 is 16.0 Å². The largest absolute Gasteiger partial charge is 0.358 e. The van der Waals surface area contributed by atoms with Crippen molar-refractivity contribution in [3.63, 3.8) is 0 Å². The number of hydrogen-bond acceptors (Lipinski definition) is 2. The summed E-state index contributed by atoms with van der Waals surface area (Å²) in [5.41, 5.74) is 11.1. The van der Waals surface area contributed by atoms with Crippen molar-refractivity contribution >= 4 is 29.2 Å². The summed E-state index contributed by atoms with van der Waals surface area (Å²) in [4.78, 5) is 15.9. The number of fused-ring (bicyclic) bond motifs is 3. The van der Waals surface area contributed by atoms with Crippen molar-refractivity contribution in [2.45, 2.75) is 45.7 Å². The number of benzene rings is 1. The third-order valence-corrected chi connectivity index (χ3v) is 6.12. The fourth-order valence-electron chi connectivity index (χ4n) is 4.65. The molecule has 4 nitrogen and oxygen atoms in total. The molecule has 0 radical (unpaired) electrons. The molecular weight excluding hydrogens is 322 g/mol. The number of nitrogens with two attached hydrogens (primary N) is 1. The van der Waals surface area contributed by atoms with Gasteiger partial charge in [-0.2, -0.15) is 0 Å². The predicted octanol–water partition coefficient (Wildman–Crippen LogP) is 3.20. The maximum absolute atomic E-state index is 12.6. The average molecular weight is 348 g/mol. The molecule has 130 valence electrons. The van der Waals surface area contributed by atoms with Gasteiger partial charge in [0.25, 0.3) is 0 Å². The molecule has 2 aliphatic rings. The number of aryl methyl sites for hydroxylation is 2. The Bertz CT molecular complexity index is 767. The number of aromatic amines is 1. The smallest absolute Gasteiger partial charge is 0.225 e. The Morgan fingerprint density at radius 3 is 2.75 bits per heavy atom. The normalized spacial score (nSPS) is 28.1. The zero-order valence-corrected chi connectivity index (χ0v) is 15.1. The van der Waals surface area contributed by atoms with Crippen molar-refractivity contribution in [1.82, 2.24) is 10.3 Å². The van der Waals surface area contributed by atoms with Crippen LogP contribution in [-0.2, 0) is 11.3 Å². The molecule has 2 fully saturated rings. The second-order valence-electron chi connectivity index (χ2n) is 7.41. The van der Waals surface area contributed by atoms with Gasteiger partial charge in [-0.15, -0.1) is 12.4 Å². The highest BCUT2D eigenvalue weighted by Gasteiger charge is 2.48. The third kappa shape index (κ3) is 2.72. The molecule has 4 atom stereocenters. The van der Waals surface area contributed by atoms with Gasteiger partial charge in [0.2, 0.25) is 5.91 Å². The standard InChI is InChI=1S/C19H25N3O.ClH/c1-10-11(2)22-16-6-3-12(7-15(10)16)9-21-19(23)17-13-4-5-14(8-13)18(17)20;/h3,6-7,13-14,17-18,22H,4-5,8-9,20H2,1-2H3,(H,21,23);1H. The van der Waals surface area contributed by atoms with Crippen LogP contribution in [-0.4, -0.2) is 16.9 Å². The molecule has 0 aliphatic heterocycles. The van der Waals surface area contributed by atoms with Crippen LogP contribution in [0.1, 0.15) is 36.1 Å². The molecule has 2 saturated carbocycles. The molecule has 2 bridgehead atoms. The number of rotatable bonds is 3. The van der Waals surface area contributed by atoms with E-state index < -0.39 is 0 Å². The first-order chi connectivity index (χ1) is 11.0. The van der Waals surface area contributed by atoms with E-state index in [1.54, 1.807) is 0 Å². The first-order valence-corrected chi connectivity index (χ1v) is 8.65. The van der Waals surface area contributed by atoms with Crippen molar-refractivity contribution in [3.8, 4) is 0 Å². The number of amides is 1. The number of halogens is 1. The number of carbonyl (C=O) groups excluding carboxylic acids is 1. The van der Waals surface area contributed by atoms with E-state index in [0.29, 0.717) is 18.4 Å². The lowest BCUT2D eigenvalue weighted by Crippen LogP contribution is -2.45. The molecule has 2 aromatic rings. The summed E-state index contributed by atoms with van der Waals surface area (Å²) in [5, 5.41) is 4.36. The Morgan fingerprint density at radius 1 is 1.29 bits per heavy atom. The van der Waals surface area contributed by atoms with Crippen molar-refractivity contribution in [1.29, 1.82) is 0 Å². The molecule has 1 heterocycles. The molecule has 1 aromatic carbocycles. The maximum Gasteiger partial charge on any atom is 0.225 e. The molecule has 5 heteroatoms. The predicted molar refractivity (Wildman–Crippen MR) is 99.2 cm³/mol. The lowest BCUT2D eigenvalue weighted by atomic mass is 9.84. The van der Waals surface area contributed by atoms with Crippen molar-refractivity contribution < 1.29 is 4.79 Å². The van der Waals surface area contributed by atoms with Crippen LogP contribution in [0.2, 0.25) is 0 Å². The summed E-state index contributed by atoms with van der Waals surface area (Å²) >= 11 is 0. The zero-order valence-electron chi connectivity index (χ0n) is 14.3. The van der Waals surface area contributed by atoms with E-state index in [0.717, 1.165) is 17.5 Å². The summed E-state index contributed by atoms with van der Waals surface area (Å²) < 4.78 is 0. The quantitative estimate of drug-likeness (QED) is 0.797. The minimum Gasteiger partial charge on any atom is -0.358 e. The van der Waals surface area contributed by atoms with Crippen molar-refractivity contribution in [2.75, 3.05) is 0 Å². The number of nitrogens with one attached hydrogen (secondary N) is 2. The van der Waals surface area contributed by atoms with Gasteiger partial charge in [0.1, 0.15) is 0 Å². The summed E-state index contributed by atoms with van der Waals surface area (Å²) in [6.07, 6.45) is 3.52. The maximum atomic E-state index is 12.6. The Morgan fingerprint density at radius 2 is 2.04 bits per heavy atom. The zero-order chi connectivity index (χ0) is 16.1. The van der Waals surface area contributed by atoms with Gasteiger partial charge in [0.05, 0.1) is 5.92 Å². The summed E-state index contributed by atoms with van der Waals surface area (Å²) in [6, 6.07) is 6.42. The van der Waals surface area contributed by atoms with Crippen LogP contribution < -0.4 is 11.1 Å². The molecule has 2 aliphatic carbocycles. The molecule has 4 rings (SSSR count). The van der Waals surface area contributed by atoms with Crippen LogP contribution in [0.3, 0.4) is 0 Å². The lowest BCUT2D eigenvalue weighted by molar-refractivity contribution is -0.127. The van der Waals surface area contributed by atoms with E-state index in [-0.39, 0.29) is 30.3 Å². The molecule has 1 amide bonds. The first kappa shape index (κ1) is 17.3. The highest BCUT2D eigenvalue weighted by atomic mass is 35.5. The monoisotopic (exact) mass is 347 g/mol. The van der Waals surface area contributed by atoms with Gasteiger partial charge in [-0.25, -0.2) is 0 Å².